The zero-order valence-electron chi connectivity index (χ0n) is 15.2. The number of esters is 1. The van der Waals surface area contributed by atoms with Crippen LogP contribution in [0.2, 0.25) is 0 Å². The molecule has 1 amide bonds. The Morgan fingerprint density at radius 1 is 1.04 bits per heavy atom. The van der Waals surface area contributed by atoms with Gasteiger partial charge in [0.2, 0.25) is 0 Å². The molecule has 0 saturated heterocycles. The van der Waals surface area contributed by atoms with Crippen molar-refractivity contribution in [1.29, 1.82) is 0 Å². The minimum atomic E-state index is -0.369. The quantitative estimate of drug-likeness (QED) is 0.702. The van der Waals surface area contributed by atoms with Gasteiger partial charge in [-0.25, -0.2) is 0 Å². The predicted molar refractivity (Wildman–Crippen MR) is 100 cm³/mol. The Morgan fingerprint density at radius 2 is 1.73 bits per heavy atom. The highest BCUT2D eigenvalue weighted by Gasteiger charge is 2.13. The zero-order valence-corrected chi connectivity index (χ0v) is 15.2. The molecule has 1 atom stereocenters. The van der Waals surface area contributed by atoms with Gasteiger partial charge in [-0.3, -0.25) is 9.59 Å². The molecule has 0 spiro atoms. The van der Waals surface area contributed by atoms with Gasteiger partial charge in [-0.2, -0.15) is 0 Å². The van der Waals surface area contributed by atoms with E-state index < -0.39 is 0 Å². The fourth-order valence-corrected chi connectivity index (χ4v) is 2.54. The molecule has 0 fully saturated rings. The second-order valence-electron chi connectivity index (χ2n) is 6.12. The van der Waals surface area contributed by atoms with Gasteiger partial charge in [0.25, 0.3) is 5.91 Å². The SMILES string of the molecule is COc1ccc(CCNC(=O)COC(=O)C[C@@H](C)c2ccccc2)cc1. The van der Waals surface area contributed by atoms with E-state index in [4.69, 9.17) is 9.47 Å². The molecule has 0 radical (unpaired) electrons. The second-order valence-corrected chi connectivity index (χ2v) is 6.12. The maximum Gasteiger partial charge on any atom is 0.306 e. The largest absolute Gasteiger partial charge is 0.497 e. The fraction of sp³-hybridized carbons (Fsp3) is 0.333. The van der Waals surface area contributed by atoms with E-state index in [1.165, 1.54) is 0 Å². The van der Waals surface area contributed by atoms with Crippen LogP contribution < -0.4 is 10.1 Å². The Morgan fingerprint density at radius 3 is 2.38 bits per heavy atom. The summed E-state index contributed by atoms with van der Waals surface area (Å²) in [5.41, 5.74) is 2.17. The summed E-state index contributed by atoms with van der Waals surface area (Å²) in [4.78, 5) is 23.7. The molecule has 138 valence electrons. The Kier molecular flexibility index (Phi) is 7.68. The number of carbonyl (C=O) groups is 2. The van der Waals surface area contributed by atoms with E-state index in [2.05, 4.69) is 5.32 Å². The Hall–Kier alpha value is -2.82. The lowest BCUT2D eigenvalue weighted by Crippen LogP contribution is -2.30. The van der Waals surface area contributed by atoms with E-state index in [1.807, 2.05) is 61.5 Å². The summed E-state index contributed by atoms with van der Waals surface area (Å²) < 4.78 is 10.2. The molecule has 0 aromatic heterocycles. The number of hydrogen-bond donors (Lipinski definition) is 1. The van der Waals surface area contributed by atoms with Crippen molar-refractivity contribution in [3.8, 4) is 5.75 Å². The molecular weight excluding hydrogens is 330 g/mol. The molecule has 0 unspecified atom stereocenters. The van der Waals surface area contributed by atoms with Crippen LogP contribution in [0, 0.1) is 0 Å². The summed E-state index contributed by atoms with van der Waals surface area (Å²) in [6.45, 7) is 2.21. The van der Waals surface area contributed by atoms with E-state index >= 15 is 0 Å². The van der Waals surface area contributed by atoms with Crippen molar-refractivity contribution in [3.05, 3.63) is 65.7 Å². The molecule has 2 aromatic carbocycles. The first-order valence-corrected chi connectivity index (χ1v) is 8.68. The molecular formula is C21H25NO4. The van der Waals surface area contributed by atoms with Crippen molar-refractivity contribution in [2.45, 2.75) is 25.7 Å². The molecule has 0 bridgehead atoms. The molecule has 0 aliphatic heterocycles. The normalized spacial score (nSPS) is 11.5. The van der Waals surface area contributed by atoms with Crippen molar-refractivity contribution >= 4 is 11.9 Å². The summed E-state index contributed by atoms with van der Waals surface area (Å²) >= 11 is 0. The molecule has 5 nitrogen and oxygen atoms in total. The van der Waals surface area contributed by atoms with Gasteiger partial charge in [0, 0.05) is 6.54 Å². The van der Waals surface area contributed by atoms with Crippen LogP contribution in [-0.2, 0) is 20.7 Å². The van der Waals surface area contributed by atoms with Crippen LogP contribution in [0.1, 0.15) is 30.4 Å². The summed E-state index contributed by atoms with van der Waals surface area (Å²) in [6, 6.07) is 17.4. The first kappa shape index (κ1) is 19.5. The number of carbonyl (C=O) groups excluding carboxylic acids is 2. The molecule has 5 heteroatoms. The third-order valence-electron chi connectivity index (χ3n) is 4.10. The Labute approximate surface area is 154 Å². The molecule has 26 heavy (non-hydrogen) atoms. The highest BCUT2D eigenvalue weighted by Crippen LogP contribution is 2.18. The van der Waals surface area contributed by atoms with Crippen molar-refractivity contribution in [2.75, 3.05) is 20.3 Å². The number of nitrogens with one attached hydrogen (secondary N) is 1. The second kappa shape index (κ2) is 10.2. The van der Waals surface area contributed by atoms with E-state index in [-0.39, 0.29) is 30.8 Å². The number of hydrogen-bond acceptors (Lipinski definition) is 4. The summed E-state index contributed by atoms with van der Waals surface area (Å²) in [5, 5.41) is 2.75. The first-order chi connectivity index (χ1) is 12.6. The van der Waals surface area contributed by atoms with E-state index in [0.29, 0.717) is 13.0 Å². The summed E-state index contributed by atoms with van der Waals surface area (Å²) in [5.74, 6) is 0.196. The first-order valence-electron chi connectivity index (χ1n) is 8.68. The molecule has 2 rings (SSSR count). The fourth-order valence-electron chi connectivity index (χ4n) is 2.54. The topological polar surface area (TPSA) is 64.6 Å². The number of benzene rings is 2. The minimum absolute atomic E-state index is 0.0573. The lowest BCUT2D eigenvalue weighted by molar-refractivity contribution is -0.148. The smallest absolute Gasteiger partial charge is 0.306 e. The van der Waals surface area contributed by atoms with Crippen LogP contribution >= 0.6 is 0 Å². The van der Waals surface area contributed by atoms with Gasteiger partial charge in [-0.15, -0.1) is 0 Å². The molecule has 2 aromatic rings. The van der Waals surface area contributed by atoms with Crippen LogP contribution in [0.4, 0.5) is 0 Å². The average Bonchev–Trinajstić information content (AvgIpc) is 2.67. The van der Waals surface area contributed by atoms with Gasteiger partial charge >= 0.3 is 5.97 Å². The van der Waals surface area contributed by atoms with Crippen molar-refractivity contribution in [2.24, 2.45) is 0 Å². The van der Waals surface area contributed by atoms with Gasteiger partial charge in [0.15, 0.2) is 6.61 Å². The monoisotopic (exact) mass is 355 g/mol. The zero-order chi connectivity index (χ0) is 18.8. The van der Waals surface area contributed by atoms with E-state index in [9.17, 15) is 9.59 Å². The van der Waals surface area contributed by atoms with Gasteiger partial charge in [-0.1, -0.05) is 49.4 Å². The van der Waals surface area contributed by atoms with Crippen LogP contribution in [0.5, 0.6) is 5.75 Å². The molecule has 1 N–H and O–H groups in total. The molecule has 0 saturated carbocycles. The maximum atomic E-state index is 11.9. The highest BCUT2D eigenvalue weighted by atomic mass is 16.5. The molecule has 0 aliphatic rings. The van der Waals surface area contributed by atoms with E-state index in [0.717, 1.165) is 16.9 Å². The molecule has 0 heterocycles. The third kappa shape index (κ3) is 6.59. The number of methoxy groups -OCH3 is 1. The van der Waals surface area contributed by atoms with Crippen LogP contribution in [0.15, 0.2) is 54.6 Å². The summed E-state index contributed by atoms with van der Waals surface area (Å²) in [6.07, 6.45) is 0.956. The lowest BCUT2D eigenvalue weighted by Gasteiger charge is -2.11. The predicted octanol–water partition coefficient (Wildman–Crippen LogP) is 3.09. The van der Waals surface area contributed by atoms with Crippen molar-refractivity contribution < 1.29 is 19.1 Å². The maximum absolute atomic E-state index is 11.9. The van der Waals surface area contributed by atoms with Crippen molar-refractivity contribution in [3.63, 3.8) is 0 Å². The highest BCUT2D eigenvalue weighted by molar-refractivity contribution is 5.80. The van der Waals surface area contributed by atoms with Crippen LogP contribution in [0.25, 0.3) is 0 Å². The van der Waals surface area contributed by atoms with Gasteiger partial charge < -0.3 is 14.8 Å². The van der Waals surface area contributed by atoms with Gasteiger partial charge in [-0.05, 0) is 35.6 Å². The number of amides is 1. The molecule has 0 aliphatic carbocycles. The van der Waals surface area contributed by atoms with Crippen molar-refractivity contribution in [1.82, 2.24) is 5.32 Å². The van der Waals surface area contributed by atoms with Crippen LogP contribution in [-0.4, -0.2) is 32.1 Å². The lowest BCUT2D eigenvalue weighted by atomic mass is 9.98. The van der Waals surface area contributed by atoms with E-state index in [1.54, 1.807) is 7.11 Å². The standard InChI is InChI=1S/C21H25NO4/c1-16(18-6-4-3-5-7-18)14-21(24)26-15-20(23)22-13-12-17-8-10-19(25-2)11-9-17/h3-11,16H,12-15H2,1-2H3,(H,22,23)/t16-/m1/s1. The number of ether oxygens (including phenoxy) is 2. The van der Waals surface area contributed by atoms with Gasteiger partial charge in [0.05, 0.1) is 13.5 Å². The van der Waals surface area contributed by atoms with Crippen LogP contribution in [0.3, 0.4) is 0 Å². The van der Waals surface area contributed by atoms with Gasteiger partial charge in [0.1, 0.15) is 5.75 Å². The third-order valence-corrected chi connectivity index (χ3v) is 4.10. The Bertz CT molecular complexity index is 698. The minimum Gasteiger partial charge on any atom is -0.497 e. The Balaban J connectivity index is 1.63. The number of rotatable bonds is 9. The summed E-state index contributed by atoms with van der Waals surface area (Å²) in [7, 11) is 1.62. The average molecular weight is 355 g/mol.